The van der Waals surface area contributed by atoms with Gasteiger partial charge in [0.25, 0.3) is 0 Å². The average molecular weight is 303 g/mol. The Morgan fingerprint density at radius 1 is 1.37 bits per heavy atom. The Morgan fingerprint density at radius 2 is 2.00 bits per heavy atom. The predicted molar refractivity (Wildman–Crippen MR) is 76.8 cm³/mol. The van der Waals surface area contributed by atoms with Gasteiger partial charge < -0.3 is 5.73 Å². The third kappa shape index (κ3) is 3.11. The highest BCUT2D eigenvalue weighted by atomic mass is 35.5. The molecule has 0 aliphatic heterocycles. The van der Waals surface area contributed by atoms with Crippen molar-refractivity contribution in [2.24, 2.45) is 5.73 Å². The summed E-state index contributed by atoms with van der Waals surface area (Å²) in [5, 5.41) is 0.239. The number of hydrogen-bond donors (Lipinski definition) is 2. The Labute approximate surface area is 119 Å². The second-order valence-electron chi connectivity index (χ2n) is 5.23. The van der Waals surface area contributed by atoms with Crippen molar-refractivity contribution in [3.05, 3.63) is 28.8 Å². The van der Waals surface area contributed by atoms with Crippen molar-refractivity contribution in [2.75, 3.05) is 6.54 Å². The van der Waals surface area contributed by atoms with Gasteiger partial charge in [0.15, 0.2) is 0 Å². The second-order valence-corrected chi connectivity index (χ2v) is 7.29. The monoisotopic (exact) mass is 302 g/mol. The van der Waals surface area contributed by atoms with E-state index in [4.69, 9.17) is 17.3 Å². The Bertz CT molecular complexity index is 566. The highest BCUT2D eigenvalue weighted by molar-refractivity contribution is 7.89. The Hall–Kier alpha value is -0.620. The topological polar surface area (TPSA) is 72.2 Å². The van der Waals surface area contributed by atoms with Crippen LogP contribution in [0.4, 0.5) is 0 Å². The van der Waals surface area contributed by atoms with Crippen molar-refractivity contribution in [2.45, 2.75) is 43.0 Å². The van der Waals surface area contributed by atoms with Crippen LogP contribution in [-0.4, -0.2) is 20.5 Å². The summed E-state index contributed by atoms with van der Waals surface area (Å²) in [6.07, 6.45) is 3.57. The van der Waals surface area contributed by atoms with Crippen LogP contribution in [0, 0.1) is 6.92 Å². The fraction of sp³-hybridized carbons (Fsp3) is 0.538. The molecule has 0 heterocycles. The number of nitrogens with two attached hydrogens (primary N) is 1. The Kier molecular flexibility index (Phi) is 4.20. The Morgan fingerprint density at radius 3 is 2.58 bits per heavy atom. The van der Waals surface area contributed by atoms with Crippen molar-refractivity contribution in [1.82, 2.24) is 4.72 Å². The van der Waals surface area contributed by atoms with E-state index in [1.165, 1.54) is 0 Å². The van der Waals surface area contributed by atoms with Gasteiger partial charge in [0.05, 0.1) is 5.02 Å². The largest absolute Gasteiger partial charge is 0.329 e. The summed E-state index contributed by atoms with van der Waals surface area (Å²) in [4.78, 5) is 0.133. The average Bonchev–Trinajstić information content (AvgIpc) is 2.80. The molecule has 0 aromatic heterocycles. The van der Waals surface area contributed by atoms with E-state index < -0.39 is 15.6 Å². The van der Waals surface area contributed by atoms with Crippen LogP contribution in [0.5, 0.6) is 0 Å². The number of hydrogen-bond acceptors (Lipinski definition) is 3. The standard InChI is InChI=1S/C13H19ClN2O2S/c1-10-4-5-11(14)12(8-10)19(17,18)16-13(9-15)6-2-3-7-13/h4-5,8,16H,2-3,6-7,9,15H2,1H3. The minimum absolute atomic E-state index is 0.133. The molecule has 1 fully saturated rings. The highest BCUT2D eigenvalue weighted by Gasteiger charge is 2.37. The number of aryl methyl sites for hydroxylation is 1. The maximum Gasteiger partial charge on any atom is 0.242 e. The van der Waals surface area contributed by atoms with Crippen LogP contribution in [0.15, 0.2) is 23.1 Å². The van der Waals surface area contributed by atoms with Crippen LogP contribution < -0.4 is 10.5 Å². The first-order valence-electron chi connectivity index (χ1n) is 6.39. The van der Waals surface area contributed by atoms with E-state index in [2.05, 4.69) is 4.72 Å². The number of rotatable bonds is 4. The maximum atomic E-state index is 12.5. The molecule has 4 nitrogen and oxygen atoms in total. The van der Waals surface area contributed by atoms with Crippen molar-refractivity contribution >= 4 is 21.6 Å². The zero-order valence-corrected chi connectivity index (χ0v) is 12.5. The first-order valence-corrected chi connectivity index (χ1v) is 8.25. The van der Waals surface area contributed by atoms with Gasteiger partial charge in [-0.3, -0.25) is 0 Å². The first kappa shape index (κ1) is 14.8. The normalized spacial score (nSPS) is 18.7. The molecule has 106 valence electrons. The minimum Gasteiger partial charge on any atom is -0.329 e. The summed E-state index contributed by atoms with van der Waals surface area (Å²) >= 11 is 6.00. The van der Waals surface area contributed by atoms with E-state index >= 15 is 0 Å². The number of nitrogens with one attached hydrogen (secondary N) is 1. The fourth-order valence-electron chi connectivity index (χ4n) is 2.56. The van der Waals surface area contributed by atoms with E-state index in [9.17, 15) is 8.42 Å². The molecule has 0 unspecified atom stereocenters. The van der Waals surface area contributed by atoms with Gasteiger partial charge in [0, 0.05) is 12.1 Å². The summed E-state index contributed by atoms with van der Waals surface area (Å²) in [5.74, 6) is 0. The summed E-state index contributed by atoms with van der Waals surface area (Å²) in [6, 6.07) is 4.98. The zero-order valence-electron chi connectivity index (χ0n) is 10.9. The van der Waals surface area contributed by atoms with Gasteiger partial charge in [-0.25, -0.2) is 13.1 Å². The molecule has 1 aromatic carbocycles. The van der Waals surface area contributed by atoms with Gasteiger partial charge in [-0.15, -0.1) is 0 Å². The molecule has 2 rings (SSSR count). The van der Waals surface area contributed by atoms with Crippen LogP contribution in [-0.2, 0) is 10.0 Å². The molecule has 1 aliphatic carbocycles. The molecule has 1 saturated carbocycles. The third-order valence-electron chi connectivity index (χ3n) is 3.68. The predicted octanol–water partition coefficient (Wildman–Crippen LogP) is 2.20. The van der Waals surface area contributed by atoms with Crippen molar-refractivity contribution in [3.63, 3.8) is 0 Å². The van der Waals surface area contributed by atoms with E-state index in [1.54, 1.807) is 18.2 Å². The third-order valence-corrected chi connectivity index (χ3v) is 5.74. The van der Waals surface area contributed by atoms with E-state index in [-0.39, 0.29) is 9.92 Å². The van der Waals surface area contributed by atoms with Gasteiger partial charge in [0.2, 0.25) is 10.0 Å². The summed E-state index contributed by atoms with van der Waals surface area (Å²) < 4.78 is 27.7. The molecule has 19 heavy (non-hydrogen) atoms. The minimum atomic E-state index is -3.63. The molecule has 1 aliphatic rings. The van der Waals surface area contributed by atoms with Crippen LogP contribution in [0.25, 0.3) is 0 Å². The quantitative estimate of drug-likeness (QED) is 0.895. The lowest BCUT2D eigenvalue weighted by Crippen LogP contribution is -2.51. The molecular weight excluding hydrogens is 284 g/mol. The molecule has 0 radical (unpaired) electrons. The van der Waals surface area contributed by atoms with Crippen molar-refractivity contribution < 1.29 is 8.42 Å². The molecule has 6 heteroatoms. The van der Waals surface area contributed by atoms with Gasteiger partial charge in [0.1, 0.15) is 4.90 Å². The molecule has 3 N–H and O–H groups in total. The lowest BCUT2D eigenvalue weighted by atomic mass is 10.0. The highest BCUT2D eigenvalue weighted by Crippen LogP contribution is 2.31. The molecule has 0 atom stereocenters. The summed E-state index contributed by atoms with van der Waals surface area (Å²) in [7, 11) is -3.63. The molecule has 0 spiro atoms. The van der Waals surface area contributed by atoms with E-state index in [0.717, 1.165) is 31.2 Å². The summed E-state index contributed by atoms with van der Waals surface area (Å²) in [5.41, 5.74) is 6.11. The van der Waals surface area contributed by atoms with E-state index in [1.807, 2.05) is 6.92 Å². The van der Waals surface area contributed by atoms with E-state index in [0.29, 0.717) is 6.54 Å². The second kappa shape index (κ2) is 5.40. The van der Waals surface area contributed by atoms with Gasteiger partial charge in [-0.2, -0.15) is 0 Å². The lowest BCUT2D eigenvalue weighted by Gasteiger charge is -2.28. The number of halogens is 1. The van der Waals surface area contributed by atoms with Crippen LogP contribution in [0.1, 0.15) is 31.2 Å². The van der Waals surface area contributed by atoms with Crippen LogP contribution in [0.3, 0.4) is 0 Å². The summed E-state index contributed by atoms with van der Waals surface area (Å²) in [6.45, 7) is 2.15. The number of benzene rings is 1. The Balaban J connectivity index is 2.34. The lowest BCUT2D eigenvalue weighted by molar-refractivity contribution is 0.399. The molecule has 0 amide bonds. The van der Waals surface area contributed by atoms with Gasteiger partial charge >= 0.3 is 0 Å². The molecule has 0 bridgehead atoms. The molecule has 0 saturated heterocycles. The fourth-order valence-corrected chi connectivity index (χ4v) is 4.61. The van der Waals surface area contributed by atoms with Crippen LogP contribution >= 0.6 is 11.6 Å². The SMILES string of the molecule is Cc1ccc(Cl)c(S(=O)(=O)NC2(CN)CCCC2)c1. The maximum absolute atomic E-state index is 12.5. The van der Waals surface area contributed by atoms with Gasteiger partial charge in [-0.05, 0) is 37.5 Å². The molecule has 1 aromatic rings. The first-order chi connectivity index (χ1) is 8.88. The van der Waals surface area contributed by atoms with Crippen molar-refractivity contribution in [3.8, 4) is 0 Å². The smallest absolute Gasteiger partial charge is 0.242 e. The van der Waals surface area contributed by atoms with Crippen molar-refractivity contribution in [1.29, 1.82) is 0 Å². The van der Waals surface area contributed by atoms with Gasteiger partial charge in [-0.1, -0.05) is 30.5 Å². The van der Waals surface area contributed by atoms with Crippen LogP contribution in [0.2, 0.25) is 5.02 Å². The zero-order chi connectivity index (χ0) is 14.1. The molecular formula is C13H19ClN2O2S. The number of sulfonamides is 1.